The zero-order valence-electron chi connectivity index (χ0n) is 15.5. The Morgan fingerprint density at radius 1 is 1.03 bits per heavy atom. The number of rotatable bonds is 6. The molecule has 0 saturated carbocycles. The van der Waals surface area contributed by atoms with Gasteiger partial charge in [-0.25, -0.2) is 8.42 Å². The molecule has 0 atom stereocenters. The third-order valence-electron chi connectivity index (χ3n) is 4.65. The zero-order chi connectivity index (χ0) is 21.0. The van der Waals surface area contributed by atoms with Crippen molar-refractivity contribution < 1.29 is 18.0 Å². The van der Waals surface area contributed by atoms with Gasteiger partial charge in [0.1, 0.15) is 0 Å². The van der Waals surface area contributed by atoms with Gasteiger partial charge in [0.15, 0.2) is 0 Å². The number of primary amides is 1. The number of hydrogen-bond acceptors (Lipinski definition) is 5. The smallest absolute Gasteiger partial charge is 0.250 e. The van der Waals surface area contributed by atoms with E-state index in [0.29, 0.717) is 10.7 Å². The van der Waals surface area contributed by atoms with Gasteiger partial charge in [0.2, 0.25) is 15.9 Å². The predicted molar refractivity (Wildman–Crippen MR) is 110 cm³/mol. The van der Waals surface area contributed by atoms with E-state index >= 15 is 0 Å². The van der Waals surface area contributed by atoms with Crippen molar-refractivity contribution in [3.05, 3.63) is 59.1 Å². The minimum Gasteiger partial charge on any atom is -0.375 e. The molecular formula is C19H21ClN4O4S. The van der Waals surface area contributed by atoms with Gasteiger partial charge in [-0.1, -0.05) is 29.8 Å². The molecular weight excluding hydrogens is 416 g/mol. The fourth-order valence-corrected chi connectivity index (χ4v) is 4.69. The minimum absolute atomic E-state index is 0.0634. The van der Waals surface area contributed by atoms with E-state index in [2.05, 4.69) is 5.32 Å². The molecule has 10 heteroatoms. The zero-order valence-corrected chi connectivity index (χ0v) is 17.1. The van der Waals surface area contributed by atoms with Gasteiger partial charge in [-0.2, -0.15) is 4.31 Å². The van der Waals surface area contributed by atoms with E-state index < -0.39 is 15.9 Å². The van der Waals surface area contributed by atoms with Gasteiger partial charge >= 0.3 is 0 Å². The summed E-state index contributed by atoms with van der Waals surface area (Å²) in [6.45, 7) is 0.932. The Morgan fingerprint density at radius 2 is 1.69 bits per heavy atom. The number of nitrogens with one attached hydrogen (secondary N) is 1. The first kappa shape index (κ1) is 21.1. The van der Waals surface area contributed by atoms with Crippen LogP contribution in [0.4, 0.5) is 5.69 Å². The lowest BCUT2D eigenvalue weighted by atomic mass is 10.1. The van der Waals surface area contributed by atoms with Crippen LogP contribution in [0.3, 0.4) is 0 Å². The van der Waals surface area contributed by atoms with Gasteiger partial charge in [0.25, 0.3) is 5.91 Å². The van der Waals surface area contributed by atoms with Gasteiger partial charge < -0.3 is 16.0 Å². The third kappa shape index (κ3) is 4.87. The number of benzene rings is 2. The van der Waals surface area contributed by atoms with Crippen LogP contribution in [0.2, 0.25) is 5.02 Å². The van der Waals surface area contributed by atoms with Gasteiger partial charge in [0, 0.05) is 36.9 Å². The highest BCUT2D eigenvalue weighted by Gasteiger charge is 2.29. The second kappa shape index (κ2) is 8.81. The molecule has 0 aromatic heterocycles. The summed E-state index contributed by atoms with van der Waals surface area (Å²) < 4.78 is 26.7. The number of sulfonamides is 1. The van der Waals surface area contributed by atoms with Crippen molar-refractivity contribution in [1.82, 2.24) is 9.21 Å². The number of nitrogens with two attached hydrogens (primary N) is 1. The van der Waals surface area contributed by atoms with Crippen LogP contribution in [0, 0.1) is 0 Å². The third-order valence-corrected chi connectivity index (χ3v) is 6.80. The fraction of sp³-hybridized carbons (Fsp3) is 0.263. The highest BCUT2D eigenvalue weighted by molar-refractivity contribution is 7.89. The van der Waals surface area contributed by atoms with Crippen LogP contribution >= 0.6 is 11.6 Å². The minimum atomic E-state index is -3.57. The lowest BCUT2D eigenvalue weighted by molar-refractivity contribution is -0.130. The molecule has 2 aromatic carbocycles. The summed E-state index contributed by atoms with van der Waals surface area (Å²) in [4.78, 5) is 25.8. The molecule has 3 N–H and O–H groups in total. The summed E-state index contributed by atoms with van der Waals surface area (Å²) in [7, 11) is -3.57. The molecule has 0 unspecified atom stereocenters. The van der Waals surface area contributed by atoms with Crippen molar-refractivity contribution in [2.45, 2.75) is 4.90 Å². The number of carbonyl (C=O) groups is 2. The van der Waals surface area contributed by atoms with Gasteiger partial charge in [-0.05, 0) is 30.3 Å². The lowest BCUT2D eigenvalue weighted by Crippen LogP contribution is -2.51. The molecule has 2 amide bonds. The number of hydrogen-bond donors (Lipinski definition) is 2. The number of amides is 2. The second-order valence-electron chi connectivity index (χ2n) is 6.51. The maximum Gasteiger partial charge on any atom is 0.250 e. The highest BCUT2D eigenvalue weighted by atomic mass is 35.5. The van der Waals surface area contributed by atoms with E-state index in [0.717, 1.165) is 0 Å². The topological polar surface area (TPSA) is 113 Å². The number of anilines is 1. The van der Waals surface area contributed by atoms with Crippen LogP contribution in [0.1, 0.15) is 10.4 Å². The van der Waals surface area contributed by atoms with Crippen LogP contribution in [-0.4, -0.2) is 62.2 Å². The average molecular weight is 437 g/mol. The largest absolute Gasteiger partial charge is 0.375 e. The molecule has 0 radical (unpaired) electrons. The molecule has 154 valence electrons. The first-order chi connectivity index (χ1) is 13.8. The van der Waals surface area contributed by atoms with Crippen molar-refractivity contribution in [1.29, 1.82) is 0 Å². The van der Waals surface area contributed by atoms with Crippen LogP contribution < -0.4 is 11.1 Å². The quantitative estimate of drug-likeness (QED) is 0.710. The molecule has 1 saturated heterocycles. The summed E-state index contributed by atoms with van der Waals surface area (Å²) in [5, 5.41) is 3.30. The Kier molecular flexibility index (Phi) is 6.41. The van der Waals surface area contributed by atoms with Crippen LogP contribution in [-0.2, 0) is 14.8 Å². The van der Waals surface area contributed by atoms with Crippen molar-refractivity contribution in [2.75, 3.05) is 38.0 Å². The molecule has 1 aliphatic heterocycles. The van der Waals surface area contributed by atoms with E-state index in [1.54, 1.807) is 41.3 Å². The Morgan fingerprint density at radius 3 is 2.31 bits per heavy atom. The average Bonchev–Trinajstić information content (AvgIpc) is 2.72. The molecule has 3 rings (SSSR count). The van der Waals surface area contributed by atoms with Crippen LogP contribution in [0.25, 0.3) is 0 Å². The van der Waals surface area contributed by atoms with Crippen molar-refractivity contribution in [3.63, 3.8) is 0 Å². The van der Waals surface area contributed by atoms with Gasteiger partial charge in [-0.3, -0.25) is 9.59 Å². The fourth-order valence-electron chi connectivity index (χ4n) is 3.08. The molecule has 1 aliphatic rings. The predicted octanol–water partition coefficient (Wildman–Crippen LogP) is 1.38. The molecule has 1 heterocycles. The molecule has 1 fully saturated rings. The lowest BCUT2D eigenvalue weighted by Gasteiger charge is -2.34. The molecule has 0 aliphatic carbocycles. The number of halogens is 1. The van der Waals surface area contributed by atoms with E-state index in [1.807, 2.05) is 0 Å². The Bertz CT molecular complexity index is 1010. The summed E-state index contributed by atoms with van der Waals surface area (Å²) in [5.74, 6) is -0.839. The maximum atomic E-state index is 12.7. The summed E-state index contributed by atoms with van der Waals surface area (Å²) in [5.41, 5.74) is 5.95. The van der Waals surface area contributed by atoms with Gasteiger partial charge in [-0.15, -0.1) is 0 Å². The standard InChI is InChI=1S/C19H21ClN4O4S/c20-14-6-7-16(19(21)26)17(12-14)22-13-18(25)23-8-10-24(11-9-23)29(27,28)15-4-2-1-3-5-15/h1-7,12,22H,8-11,13H2,(H2,21,26). The highest BCUT2D eigenvalue weighted by Crippen LogP contribution is 2.21. The van der Waals surface area contributed by atoms with E-state index in [4.69, 9.17) is 17.3 Å². The summed E-state index contributed by atoms with van der Waals surface area (Å²) in [6.07, 6.45) is 0. The van der Waals surface area contributed by atoms with E-state index in [-0.39, 0.29) is 49.1 Å². The van der Waals surface area contributed by atoms with Crippen LogP contribution in [0.5, 0.6) is 0 Å². The maximum absolute atomic E-state index is 12.7. The number of piperazine rings is 1. The van der Waals surface area contributed by atoms with E-state index in [9.17, 15) is 18.0 Å². The van der Waals surface area contributed by atoms with Crippen LogP contribution in [0.15, 0.2) is 53.4 Å². The van der Waals surface area contributed by atoms with Crippen molar-refractivity contribution in [3.8, 4) is 0 Å². The van der Waals surface area contributed by atoms with Crippen molar-refractivity contribution >= 4 is 39.1 Å². The Balaban J connectivity index is 1.59. The second-order valence-corrected chi connectivity index (χ2v) is 8.88. The SMILES string of the molecule is NC(=O)c1ccc(Cl)cc1NCC(=O)N1CCN(S(=O)(=O)c2ccccc2)CC1. The van der Waals surface area contributed by atoms with Gasteiger partial charge in [0.05, 0.1) is 17.0 Å². The summed E-state index contributed by atoms with van der Waals surface area (Å²) in [6, 6.07) is 12.8. The number of carbonyl (C=O) groups excluding carboxylic acids is 2. The Hall–Kier alpha value is -2.62. The van der Waals surface area contributed by atoms with E-state index in [1.165, 1.54) is 16.4 Å². The molecule has 29 heavy (non-hydrogen) atoms. The Labute approximate surface area is 174 Å². The normalized spacial score (nSPS) is 15.1. The van der Waals surface area contributed by atoms with Crippen molar-refractivity contribution in [2.24, 2.45) is 5.73 Å². The molecule has 0 spiro atoms. The summed E-state index contributed by atoms with van der Waals surface area (Å²) >= 11 is 5.94. The monoisotopic (exact) mass is 436 g/mol. The number of nitrogens with zero attached hydrogens (tertiary/aromatic N) is 2. The molecule has 8 nitrogen and oxygen atoms in total. The first-order valence-electron chi connectivity index (χ1n) is 8.95. The molecule has 2 aromatic rings. The first-order valence-corrected chi connectivity index (χ1v) is 10.8. The molecule has 0 bridgehead atoms.